The first-order valence-corrected chi connectivity index (χ1v) is 6.38. The molecule has 3 unspecified atom stereocenters. The summed E-state index contributed by atoms with van der Waals surface area (Å²) in [5.74, 6) is 1.96. The maximum Gasteiger partial charge on any atom is 0.311 e. The maximum absolute atomic E-state index is 11.8. The molecule has 0 N–H and O–H groups in total. The van der Waals surface area contributed by atoms with Crippen LogP contribution < -0.4 is 0 Å². The summed E-state index contributed by atoms with van der Waals surface area (Å²) in [5, 5.41) is 0. The third-order valence-corrected chi connectivity index (χ3v) is 4.28. The molecule has 0 aromatic carbocycles. The fourth-order valence-electron chi connectivity index (χ4n) is 2.61. The van der Waals surface area contributed by atoms with E-state index in [2.05, 4.69) is 12.2 Å². The van der Waals surface area contributed by atoms with Crippen molar-refractivity contribution in [3.8, 4) is 0 Å². The molecule has 3 atom stereocenters. The molecule has 0 aliphatic heterocycles. The minimum Gasteiger partial charge on any atom is -0.465 e. The lowest BCUT2D eigenvalue weighted by Gasteiger charge is -2.23. The summed E-state index contributed by atoms with van der Waals surface area (Å²) >= 11 is 0. The highest BCUT2D eigenvalue weighted by Gasteiger charge is 2.37. The van der Waals surface area contributed by atoms with Gasteiger partial charge in [-0.3, -0.25) is 4.79 Å². The lowest BCUT2D eigenvalue weighted by atomic mass is 9.90. The number of rotatable bonds is 4. The van der Waals surface area contributed by atoms with Crippen LogP contribution in [0.15, 0.2) is 12.2 Å². The quantitative estimate of drug-likeness (QED) is 0.539. The minimum absolute atomic E-state index is 0.0400. The van der Waals surface area contributed by atoms with Gasteiger partial charge >= 0.3 is 5.97 Å². The molecule has 0 radical (unpaired) electrons. The molecule has 0 amide bonds. The van der Waals surface area contributed by atoms with E-state index in [0.29, 0.717) is 18.4 Å². The molecule has 0 spiro atoms. The van der Waals surface area contributed by atoms with E-state index >= 15 is 0 Å². The second-order valence-corrected chi connectivity index (χ2v) is 5.88. The van der Waals surface area contributed by atoms with Gasteiger partial charge in [0.05, 0.1) is 12.0 Å². The summed E-state index contributed by atoms with van der Waals surface area (Å²) in [5.41, 5.74) is -0.326. The highest BCUT2D eigenvalue weighted by atomic mass is 16.5. The van der Waals surface area contributed by atoms with E-state index in [4.69, 9.17) is 4.74 Å². The Hall–Kier alpha value is -0.790. The molecular formula is C14H22O2. The Morgan fingerprint density at radius 1 is 1.38 bits per heavy atom. The van der Waals surface area contributed by atoms with E-state index in [9.17, 15) is 4.79 Å². The van der Waals surface area contributed by atoms with E-state index in [1.807, 2.05) is 20.8 Å². The smallest absolute Gasteiger partial charge is 0.311 e. The van der Waals surface area contributed by atoms with Crippen LogP contribution in [0.1, 0.15) is 40.0 Å². The van der Waals surface area contributed by atoms with Gasteiger partial charge in [0, 0.05) is 0 Å². The van der Waals surface area contributed by atoms with Crippen LogP contribution in [0.4, 0.5) is 0 Å². The van der Waals surface area contributed by atoms with Gasteiger partial charge in [0.25, 0.3) is 0 Å². The third-order valence-electron chi connectivity index (χ3n) is 4.28. The second-order valence-electron chi connectivity index (χ2n) is 5.88. The SMILES string of the molecule is CCC(C)(C)C(=O)OCC1CC2C=CC1C2. The second kappa shape index (κ2) is 4.23. The fourth-order valence-corrected chi connectivity index (χ4v) is 2.61. The topological polar surface area (TPSA) is 26.3 Å². The molecule has 2 heteroatoms. The van der Waals surface area contributed by atoms with Crippen molar-refractivity contribution in [2.24, 2.45) is 23.2 Å². The monoisotopic (exact) mass is 222 g/mol. The molecule has 0 aromatic heterocycles. The molecule has 2 nitrogen and oxygen atoms in total. The molecule has 2 aliphatic rings. The largest absolute Gasteiger partial charge is 0.465 e. The van der Waals surface area contributed by atoms with Gasteiger partial charge in [-0.2, -0.15) is 0 Å². The first-order chi connectivity index (χ1) is 7.53. The van der Waals surface area contributed by atoms with Gasteiger partial charge in [-0.05, 0) is 50.9 Å². The van der Waals surface area contributed by atoms with Crippen LogP contribution in [-0.2, 0) is 9.53 Å². The van der Waals surface area contributed by atoms with E-state index in [-0.39, 0.29) is 11.4 Å². The lowest BCUT2D eigenvalue weighted by Crippen LogP contribution is -2.28. The average Bonchev–Trinajstić information content (AvgIpc) is 2.87. The Balaban J connectivity index is 1.80. The Morgan fingerprint density at radius 2 is 2.12 bits per heavy atom. The number of fused-ring (bicyclic) bond motifs is 2. The van der Waals surface area contributed by atoms with Crippen molar-refractivity contribution >= 4 is 5.97 Å². The number of allylic oxidation sites excluding steroid dienone is 2. The molecule has 1 saturated carbocycles. The summed E-state index contributed by atoms with van der Waals surface area (Å²) in [7, 11) is 0. The van der Waals surface area contributed by atoms with Crippen molar-refractivity contribution in [1.82, 2.24) is 0 Å². The molecule has 0 saturated heterocycles. The van der Waals surface area contributed by atoms with Crippen molar-refractivity contribution in [2.45, 2.75) is 40.0 Å². The first kappa shape index (κ1) is 11.7. The molecule has 2 aliphatic carbocycles. The van der Waals surface area contributed by atoms with Gasteiger partial charge in [-0.1, -0.05) is 19.1 Å². The van der Waals surface area contributed by atoms with Crippen molar-refractivity contribution in [1.29, 1.82) is 0 Å². The number of carbonyl (C=O) groups excluding carboxylic acids is 1. The Labute approximate surface area is 98.1 Å². The van der Waals surface area contributed by atoms with E-state index in [1.165, 1.54) is 12.8 Å². The van der Waals surface area contributed by atoms with Crippen LogP contribution in [0, 0.1) is 23.2 Å². The number of ether oxygens (including phenoxy) is 1. The van der Waals surface area contributed by atoms with Crippen LogP contribution in [0.2, 0.25) is 0 Å². The van der Waals surface area contributed by atoms with Gasteiger partial charge in [0.15, 0.2) is 0 Å². The molecule has 16 heavy (non-hydrogen) atoms. The summed E-state index contributed by atoms with van der Waals surface area (Å²) in [6.45, 7) is 6.56. The molecule has 0 heterocycles. The Kier molecular flexibility index (Phi) is 3.09. The summed E-state index contributed by atoms with van der Waals surface area (Å²) in [6.07, 6.45) is 7.94. The van der Waals surface area contributed by atoms with Gasteiger partial charge < -0.3 is 4.74 Å². The zero-order valence-electron chi connectivity index (χ0n) is 10.5. The van der Waals surface area contributed by atoms with Crippen LogP contribution >= 0.6 is 0 Å². The Bertz CT molecular complexity index is 304. The van der Waals surface area contributed by atoms with Crippen LogP contribution in [-0.4, -0.2) is 12.6 Å². The third kappa shape index (κ3) is 2.16. The molecular weight excluding hydrogens is 200 g/mol. The number of hydrogen-bond acceptors (Lipinski definition) is 2. The van der Waals surface area contributed by atoms with Crippen LogP contribution in [0.3, 0.4) is 0 Å². The first-order valence-electron chi connectivity index (χ1n) is 6.38. The van der Waals surface area contributed by atoms with E-state index in [1.54, 1.807) is 0 Å². The fraction of sp³-hybridized carbons (Fsp3) is 0.786. The Morgan fingerprint density at radius 3 is 2.62 bits per heavy atom. The highest BCUT2D eigenvalue weighted by molar-refractivity contribution is 5.75. The molecule has 1 fully saturated rings. The zero-order valence-corrected chi connectivity index (χ0v) is 10.5. The van der Waals surface area contributed by atoms with Crippen molar-refractivity contribution in [3.05, 3.63) is 12.2 Å². The predicted molar refractivity (Wildman–Crippen MR) is 63.9 cm³/mol. The summed E-state index contributed by atoms with van der Waals surface area (Å²) in [4.78, 5) is 11.8. The summed E-state index contributed by atoms with van der Waals surface area (Å²) < 4.78 is 5.46. The van der Waals surface area contributed by atoms with Crippen molar-refractivity contribution in [3.63, 3.8) is 0 Å². The molecule has 2 bridgehead atoms. The van der Waals surface area contributed by atoms with Crippen molar-refractivity contribution in [2.75, 3.05) is 6.61 Å². The molecule has 2 rings (SSSR count). The maximum atomic E-state index is 11.8. The standard InChI is InChI=1S/C14H22O2/c1-4-14(2,3)13(15)16-9-12-8-10-5-6-11(12)7-10/h5-6,10-12H,4,7-9H2,1-3H3. The number of hydrogen-bond donors (Lipinski definition) is 0. The molecule has 0 aromatic rings. The summed E-state index contributed by atoms with van der Waals surface area (Å²) in [6, 6.07) is 0. The predicted octanol–water partition coefficient (Wildman–Crippen LogP) is 3.18. The average molecular weight is 222 g/mol. The van der Waals surface area contributed by atoms with Crippen molar-refractivity contribution < 1.29 is 9.53 Å². The molecule has 90 valence electrons. The normalized spacial score (nSPS) is 32.1. The minimum atomic E-state index is -0.326. The van der Waals surface area contributed by atoms with Gasteiger partial charge in [-0.25, -0.2) is 0 Å². The van der Waals surface area contributed by atoms with Crippen LogP contribution in [0.25, 0.3) is 0 Å². The van der Waals surface area contributed by atoms with Gasteiger partial charge in [-0.15, -0.1) is 0 Å². The van der Waals surface area contributed by atoms with E-state index < -0.39 is 0 Å². The van der Waals surface area contributed by atoms with Crippen LogP contribution in [0.5, 0.6) is 0 Å². The van der Waals surface area contributed by atoms with Gasteiger partial charge in [0.2, 0.25) is 0 Å². The number of esters is 1. The lowest BCUT2D eigenvalue weighted by molar-refractivity contribution is -0.155. The highest BCUT2D eigenvalue weighted by Crippen LogP contribution is 2.43. The number of carbonyl (C=O) groups is 1. The van der Waals surface area contributed by atoms with Gasteiger partial charge in [0.1, 0.15) is 0 Å². The van der Waals surface area contributed by atoms with E-state index in [0.717, 1.165) is 12.3 Å². The zero-order chi connectivity index (χ0) is 11.8.